The van der Waals surface area contributed by atoms with Gasteiger partial charge in [0.25, 0.3) is 0 Å². The van der Waals surface area contributed by atoms with E-state index in [2.05, 4.69) is 9.88 Å². The van der Waals surface area contributed by atoms with E-state index in [1.54, 1.807) is 24.3 Å². The molecule has 1 aliphatic heterocycles. The Kier molecular flexibility index (Phi) is 8.89. The third-order valence-corrected chi connectivity index (χ3v) is 9.24. The molecular formula is C22H26ClN3O6S3. The first-order chi connectivity index (χ1) is 16.1. The van der Waals surface area contributed by atoms with Gasteiger partial charge >= 0.3 is 0 Å². The zero-order valence-electron chi connectivity index (χ0n) is 19.0. The quantitative estimate of drug-likeness (QED) is 0.413. The van der Waals surface area contributed by atoms with Crippen LogP contribution in [0, 0.1) is 0 Å². The van der Waals surface area contributed by atoms with Crippen molar-refractivity contribution < 1.29 is 26.4 Å². The molecule has 0 aliphatic carbocycles. The van der Waals surface area contributed by atoms with E-state index in [1.807, 2.05) is 0 Å². The van der Waals surface area contributed by atoms with Crippen molar-refractivity contribution in [2.75, 3.05) is 56.3 Å². The minimum absolute atomic E-state index is 0. The third kappa shape index (κ3) is 6.78. The van der Waals surface area contributed by atoms with Gasteiger partial charge in [-0.15, -0.1) is 12.4 Å². The Morgan fingerprint density at radius 1 is 1.06 bits per heavy atom. The number of ether oxygens (including phenoxy) is 1. The summed E-state index contributed by atoms with van der Waals surface area (Å²) < 4.78 is 55.5. The van der Waals surface area contributed by atoms with E-state index in [9.17, 15) is 21.6 Å². The number of anilines is 1. The average molecular weight is 560 g/mol. The number of halogens is 1. The summed E-state index contributed by atoms with van der Waals surface area (Å²) >= 11 is 1.16. The van der Waals surface area contributed by atoms with Gasteiger partial charge in [0.2, 0.25) is 5.91 Å². The van der Waals surface area contributed by atoms with E-state index < -0.39 is 31.3 Å². The second-order valence-electron chi connectivity index (χ2n) is 7.97. The Labute approximate surface area is 215 Å². The van der Waals surface area contributed by atoms with Crippen LogP contribution in [0.3, 0.4) is 0 Å². The number of carbonyl (C=O) groups excluding carboxylic acids is 1. The summed E-state index contributed by atoms with van der Waals surface area (Å²) in [4.78, 5) is 21.6. The van der Waals surface area contributed by atoms with Gasteiger partial charge in [0, 0.05) is 32.4 Å². The van der Waals surface area contributed by atoms with Crippen LogP contribution in [0.25, 0.3) is 10.2 Å². The number of aromatic nitrogens is 1. The van der Waals surface area contributed by atoms with Crippen LogP contribution >= 0.6 is 23.7 Å². The van der Waals surface area contributed by atoms with Crippen LogP contribution in [-0.2, 0) is 29.2 Å². The topological polar surface area (TPSA) is 114 Å². The highest BCUT2D eigenvalue weighted by molar-refractivity contribution is 7.92. The molecule has 0 unspecified atom stereocenters. The van der Waals surface area contributed by atoms with E-state index in [0.29, 0.717) is 35.1 Å². The molecule has 0 radical (unpaired) electrons. The highest BCUT2D eigenvalue weighted by Crippen LogP contribution is 2.31. The van der Waals surface area contributed by atoms with Crippen LogP contribution in [0.5, 0.6) is 0 Å². The molecule has 1 fully saturated rings. The van der Waals surface area contributed by atoms with Gasteiger partial charge in [-0.2, -0.15) is 0 Å². The largest absolute Gasteiger partial charge is 0.379 e. The molecule has 1 aliphatic rings. The Morgan fingerprint density at radius 2 is 1.74 bits per heavy atom. The highest BCUT2D eigenvalue weighted by atomic mass is 35.5. The number of nitrogens with zero attached hydrogens (tertiary/aromatic N) is 3. The first-order valence-corrected chi connectivity index (χ1v) is 15.0. The van der Waals surface area contributed by atoms with Crippen molar-refractivity contribution in [3.05, 3.63) is 48.5 Å². The van der Waals surface area contributed by atoms with E-state index in [1.165, 1.54) is 29.2 Å². The molecule has 1 aromatic heterocycles. The van der Waals surface area contributed by atoms with Gasteiger partial charge in [0.05, 0.1) is 33.2 Å². The monoisotopic (exact) mass is 559 g/mol. The zero-order valence-corrected chi connectivity index (χ0v) is 22.3. The second kappa shape index (κ2) is 11.3. The van der Waals surface area contributed by atoms with Gasteiger partial charge < -0.3 is 4.74 Å². The fraction of sp³-hybridized carbons (Fsp3) is 0.364. The number of thiazole rings is 1. The molecule has 2 aromatic carbocycles. The predicted octanol–water partition coefficient (Wildman–Crippen LogP) is 2.26. The van der Waals surface area contributed by atoms with Gasteiger partial charge in [-0.05, 0) is 30.3 Å². The summed E-state index contributed by atoms with van der Waals surface area (Å²) in [7, 11) is -7.24. The van der Waals surface area contributed by atoms with Crippen molar-refractivity contribution in [2.24, 2.45) is 0 Å². The maximum absolute atomic E-state index is 13.3. The van der Waals surface area contributed by atoms with Gasteiger partial charge in [0.1, 0.15) is 5.75 Å². The third-order valence-electron chi connectivity index (χ3n) is 5.47. The Hall–Kier alpha value is -2.09. The summed E-state index contributed by atoms with van der Waals surface area (Å²) in [6.45, 7) is 3.44. The number of benzene rings is 2. The Morgan fingerprint density at radius 3 is 2.40 bits per heavy atom. The standard InChI is InChI=1S/C22H25N3O6S3.ClH/c1-33(27,28)18-7-8-19-20(15-18)32-22(23-19)25(10-9-24-11-13-31-14-12-24)21(26)16-34(29,30)17-5-3-2-4-6-17;/h2-8,15H,9-14,16H2,1H3;1H. The predicted molar refractivity (Wildman–Crippen MR) is 138 cm³/mol. The molecule has 13 heteroatoms. The molecule has 3 aromatic rings. The first-order valence-electron chi connectivity index (χ1n) is 10.6. The molecular weight excluding hydrogens is 534 g/mol. The molecule has 2 heterocycles. The highest BCUT2D eigenvalue weighted by Gasteiger charge is 2.27. The minimum atomic E-state index is -3.84. The summed E-state index contributed by atoms with van der Waals surface area (Å²) in [5, 5.41) is 0.335. The lowest BCUT2D eigenvalue weighted by atomic mass is 10.3. The van der Waals surface area contributed by atoms with Crippen molar-refractivity contribution in [3.63, 3.8) is 0 Å². The number of sulfone groups is 2. The number of hydrogen-bond donors (Lipinski definition) is 0. The van der Waals surface area contributed by atoms with Gasteiger partial charge in [0.15, 0.2) is 24.8 Å². The molecule has 0 N–H and O–H groups in total. The van der Waals surface area contributed by atoms with E-state index in [4.69, 9.17) is 4.74 Å². The molecule has 0 bridgehead atoms. The molecule has 0 spiro atoms. The minimum Gasteiger partial charge on any atom is -0.379 e. The van der Waals surface area contributed by atoms with Crippen LogP contribution < -0.4 is 4.90 Å². The lowest BCUT2D eigenvalue weighted by Crippen LogP contribution is -2.44. The fourth-order valence-electron chi connectivity index (χ4n) is 3.58. The average Bonchev–Trinajstić information content (AvgIpc) is 3.22. The van der Waals surface area contributed by atoms with E-state index >= 15 is 0 Å². The Bertz CT molecular complexity index is 1390. The molecule has 0 saturated carbocycles. The maximum atomic E-state index is 13.3. The van der Waals surface area contributed by atoms with Gasteiger partial charge in [-0.1, -0.05) is 29.5 Å². The molecule has 35 heavy (non-hydrogen) atoms. The lowest BCUT2D eigenvalue weighted by molar-refractivity contribution is -0.116. The number of fused-ring (bicyclic) bond motifs is 1. The molecule has 1 saturated heterocycles. The molecule has 0 atom stereocenters. The maximum Gasteiger partial charge on any atom is 0.244 e. The number of carbonyl (C=O) groups is 1. The van der Waals surface area contributed by atoms with Crippen LogP contribution in [0.1, 0.15) is 0 Å². The van der Waals surface area contributed by atoms with Crippen molar-refractivity contribution >= 4 is 64.7 Å². The fourth-order valence-corrected chi connectivity index (χ4v) is 6.57. The molecule has 190 valence electrons. The van der Waals surface area contributed by atoms with Crippen LogP contribution in [0.15, 0.2) is 58.3 Å². The molecule has 9 nitrogen and oxygen atoms in total. The van der Waals surface area contributed by atoms with Crippen molar-refractivity contribution in [2.45, 2.75) is 9.79 Å². The SMILES string of the molecule is CS(=O)(=O)c1ccc2nc(N(CCN3CCOCC3)C(=O)CS(=O)(=O)c3ccccc3)sc2c1.Cl. The van der Waals surface area contributed by atoms with Crippen LogP contribution in [-0.4, -0.2) is 84.0 Å². The number of morpholine rings is 1. The van der Waals surface area contributed by atoms with E-state index in [0.717, 1.165) is 30.7 Å². The number of hydrogen-bond acceptors (Lipinski definition) is 9. The number of amides is 1. The first kappa shape index (κ1) is 27.5. The summed E-state index contributed by atoms with van der Waals surface area (Å²) in [5.74, 6) is -1.27. The lowest BCUT2D eigenvalue weighted by Gasteiger charge is -2.29. The van der Waals surface area contributed by atoms with Gasteiger partial charge in [-0.25, -0.2) is 21.8 Å². The summed E-state index contributed by atoms with van der Waals surface area (Å²) in [5.41, 5.74) is 0.544. The molecule has 4 rings (SSSR count). The Balaban J connectivity index is 0.00000342. The number of rotatable bonds is 8. The van der Waals surface area contributed by atoms with Crippen molar-refractivity contribution in [1.29, 1.82) is 0 Å². The van der Waals surface area contributed by atoms with E-state index in [-0.39, 0.29) is 28.7 Å². The van der Waals surface area contributed by atoms with Crippen LogP contribution in [0.2, 0.25) is 0 Å². The normalized spacial score (nSPS) is 15.0. The summed E-state index contributed by atoms with van der Waals surface area (Å²) in [6, 6.07) is 12.5. The van der Waals surface area contributed by atoms with Crippen molar-refractivity contribution in [1.82, 2.24) is 9.88 Å². The zero-order chi connectivity index (χ0) is 24.3. The molecule has 1 amide bonds. The smallest absolute Gasteiger partial charge is 0.244 e. The summed E-state index contributed by atoms with van der Waals surface area (Å²) in [6.07, 6.45) is 1.13. The van der Waals surface area contributed by atoms with Crippen molar-refractivity contribution in [3.8, 4) is 0 Å². The second-order valence-corrected chi connectivity index (χ2v) is 13.0. The van der Waals surface area contributed by atoms with Crippen LogP contribution in [0.4, 0.5) is 5.13 Å². The van der Waals surface area contributed by atoms with Gasteiger partial charge in [-0.3, -0.25) is 14.6 Å².